The van der Waals surface area contributed by atoms with Gasteiger partial charge in [-0.25, -0.2) is 9.97 Å². The Kier molecular flexibility index (Phi) is 7.00. The number of nitrogens with one attached hydrogen (secondary N) is 2. The van der Waals surface area contributed by atoms with E-state index in [9.17, 15) is 0 Å². The lowest BCUT2D eigenvalue weighted by atomic mass is 10.2. The maximum atomic E-state index is 5.61. The van der Waals surface area contributed by atoms with E-state index in [-0.39, 0.29) is 6.10 Å². The predicted octanol–water partition coefficient (Wildman–Crippen LogP) is 1.98. The van der Waals surface area contributed by atoms with Gasteiger partial charge >= 0.3 is 0 Å². The maximum absolute atomic E-state index is 5.61. The standard InChI is InChI=1S/C19H28N6OS/c1-14-13-25(8-9-26-14)17-10-16(4-6-21-17)12-24-19(20-3)22-7-5-18-23-11-15(2)27-18/h4,6,10-11,14H,5,7-9,12-13H2,1-3H3,(H2,20,22,24). The summed E-state index contributed by atoms with van der Waals surface area (Å²) in [6.07, 6.45) is 4.93. The van der Waals surface area contributed by atoms with Crippen molar-refractivity contribution in [1.82, 2.24) is 20.6 Å². The van der Waals surface area contributed by atoms with Gasteiger partial charge in [0.1, 0.15) is 5.82 Å². The number of thiazole rings is 1. The Balaban J connectivity index is 1.48. The quantitative estimate of drug-likeness (QED) is 0.582. The molecule has 0 aromatic carbocycles. The van der Waals surface area contributed by atoms with Crippen LogP contribution >= 0.6 is 11.3 Å². The van der Waals surface area contributed by atoms with Gasteiger partial charge in [-0.05, 0) is 31.5 Å². The number of pyridine rings is 1. The van der Waals surface area contributed by atoms with Crippen LogP contribution in [0.15, 0.2) is 29.5 Å². The monoisotopic (exact) mass is 388 g/mol. The van der Waals surface area contributed by atoms with Crippen LogP contribution in [0.1, 0.15) is 22.4 Å². The van der Waals surface area contributed by atoms with Crippen LogP contribution in [-0.2, 0) is 17.7 Å². The summed E-state index contributed by atoms with van der Waals surface area (Å²) in [5.41, 5.74) is 1.18. The summed E-state index contributed by atoms with van der Waals surface area (Å²) >= 11 is 1.74. The number of aromatic nitrogens is 2. The molecule has 1 saturated heterocycles. The molecule has 1 aliphatic heterocycles. The van der Waals surface area contributed by atoms with Gasteiger partial charge in [0.25, 0.3) is 0 Å². The fraction of sp³-hybridized carbons (Fsp3) is 0.526. The number of aliphatic imine (C=N–C) groups is 1. The molecule has 1 fully saturated rings. The zero-order chi connectivity index (χ0) is 19.1. The SMILES string of the molecule is CN=C(NCCc1ncc(C)s1)NCc1ccnc(N2CCOC(C)C2)c1. The second-order valence-electron chi connectivity index (χ2n) is 6.62. The maximum Gasteiger partial charge on any atom is 0.191 e. The molecule has 3 rings (SSSR count). The van der Waals surface area contributed by atoms with Gasteiger partial charge in [-0.3, -0.25) is 4.99 Å². The van der Waals surface area contributed by atoms with Crippen molar-refractivity contribution in [2.24, 2.45) is 4.99 Å². The van der Waals surface area contributed by atoms with Gasteiger partial charge in [-0.2, -0.15) is 0 Å². The van der Waals surface area contributed by atoms with Crippen LogP contribution in [-0.4, -0.2) is 55.3 Å². The topological polar surface area (TPSA) is 74.7 Å². The molecule has 0 aliphatic carbocycles. The Hall–Kier alpha value is -2.19. The Morgan fingerprint density at radius 3 is 3.04 bits per heavy atom. The molecule has 2 aromatic heterocycles. The Morgan fingerprint density at radius 1 is 1.41 bits per heavy atom. The first kappa shape index (κ1) is 19.6. The van der Waals surface area contributed by atoms with Crippen molar-refractivity contribution in [3.63, 3.8) is 0 Å². The Morgan fingerprint density at radius 2 is 2.30 bits per heavy atom. The van der Waals surface area contributed by atoms with Gasteiger partial charge in [-0.15, -0.1) is 11.3 Å². The zero-order valence-corrected chi connectivity index (χ0v) is 17.1. The van der Waals surface area contributed by atoms with E-state index in [2.05, 4.69) is 50.4 Å². The average molecular weight is 389 g/mol. The second-order valence-corrected chi connectivity index (χ2v) is 7.94. The number of ether oxygens (including phenoxy) is 1. The van der Waals surface area contributed by atoms with Gasteiger partial charge < -0.3 is 20.3 Å². The van der Waals surface area contributed by atoms with Crippen LogP contribution in [0.2, 0.25) is 0 Å². The van der Waals surface area contributed by atoms with Crippen LogP contribution in [0.3, 0.4) is 0 Å². The molecule has 1 aliphatic rings. The minimum atomic E-state index is 0.243. The molecule has 2 N–H and O–H groups in total. The Bertz CT molecular complexity index is 762. The third kappa shape index (κ3) is 5.90. The van der Waals surface area contributed by atoms with E-state index in [1.54, 1.807) is 18.4 Å². The first-order chi connectivity index (χ1) is 13.1. The van der Waals surface area contributed by atoms with E-state index in [1.165, 1.54) is 10.4 Å². The molecular weight excluding hydrogens is 360 g/mol. The minimum absolute atomic E-state index is 0.243. The lowest BCUT2D eigenvalue weighted by Gasteiger charge is -2.32. The van der Waals surface area contributed by atoms with Gasteiger partial charge in [0, 0.05) is 56.9 Å². The number of guanidine groups is 1. The molecule has 27 heavy (non-hydrogen) atoms. The molecule has 146 valence electrons. The Labute approximate surface area is 164 Å². The minimum Gasteiger partial charge on any atom is -0.375 e. The summed E-state index contributed by atoms with van der Waals surface area (Å²) in [5.74, 6) is 1.80. The van der Waals surface area contributed by atoms with Crippen molar-refractivity contribution < 1.29 is 4.74 Å². The van der Waals surface area contributed by atoms with Crippen LogP contribution in [0.25, 0.3) is 0 Å². The van der Waals surface area contributed by atoms with Gasteiger partial charge in [0.2, 0.25) is 0 Å². The van der Waals surface area contributed by atoms with Crippen molar-refractivity contribution >= 4 is 23.1 Å². The molecule has 8 heteroatoms. The first-order valence-electron chi connectivity index (χ1n) is 9.31. The molecule has 0 radical (unpaired) electrons. The number of anilines is 1. The smallest absolute Gasteiger partial charge is 0.191 e. The van der Waals surface area contributed by atoms with Crippen LogP contribution < -0.4 is 15.5 Å². The van der Waals surface area contributed by atoms with Gasteiger partial charge in [-0.1, -0.05) is 0 Å². The summed E-state index contributed by atoms with van der Waals surface area (Å²) in [6.45, 7) is 8.19. The lowest BCUT2D eigenvalue weighted by molar-refractivity contribution is 0.0529. The highest BCUT2D eigenvalue weighted by atomic mass is 32.1. The zero-order valence-electron chi connectivity index (χ0n) is 16.2. The van der Waals surface area contributed by atoms with E-state index in [4.69, 9.17) is 4.74 Å². The first-order valence-corrected chi connectivity index (χ1v) is 10.1. The number of morpholine rings is 1. The molecule has 0 saturated carbocycles. The largest absolute Gasteiger partial charge is 0.375 e. The van der Waals surface area contributed by atoms with Crippen LogP contribution in [0.5, 0.6) is 0 Å². The normalized spacial score (nSPS) is 17.8. The molecule has 1 atom stereocenters. The third-order valence-electron chi connectivity index (χ3n) is 4.36. The third-order valence-corrected chi connectivity index (χ3v) is 5.33. The molecule has 0 bridgehead atoms. The van der Waals surface area contributed by atoms with E-state index in [1.807, 2.05) is 18.5 Å². The molecule has 0 amide bonds. The molecular formula is C19H28N6OS. The highest BCUT2D eigenvalue weighted by Gasteiger charge is 2.18. The number of aryl methyl sites for hydroxylation is 1. The summed E-state index contributed by atoms with van der Waals surface area (Å²) in [7, 11) is 1.79. The van der Waals surface area contributed by atoms with Gasteiger partial charge in [0.05, 0.1) is 17.7 Å². The fourth-order valence-corrected chi connectivity index (χ4v) is 3.77. The van der Waals surface area contributed by atoms with Crippen molar-refractivity contribution in [2.45, 2.75) is 32.9 Å². The van der Waals surface area contributed by atoms with E-state index in [0.717, 1.165) is 49.4 Å². The predicted molar refractivity (Wildman–Crippen MR) is 111 cm³/mol. The van der Waals surface area contributed by atoms with E-state index in [0.29, 0.717) is 6.54 Å². The molecule has 0 spiro atoms. The van der Waals surface area contributed by atoms with Crippen molar-refractivity contribution in [2.75, 3.05) is 38.2 Å². The summed E-state index contributed by atoms with van der Waals surface area (Å²) in [5, 5.41) is 7.86. The highest BCUT2D eigenvalue weighted by Crippen LogP contribution is 2.16. The summed E-state index contributed by atoms with van der Waals surface area (Å²) in [4.78, 5) is 16.7. The number of nitrogens with zero attached hydrogens (tertiary/aromatic N) is 4. The molecule has 3 heterocycles. The molecule has 2 aromatic rings. The van der Waals surface area contributed by atoms with E-state index < -0.39 is 0 Å². The average Bonchev–Trinajstić information content (AvgIpc) is 3.10. The van der Waals surface area contributed by atoms with Crippen molar-refractivity contribution in [1.29, 1.82) is 0 Å². The van der Waals surface area contributed by atoms with Crippen molar-refractivity contribution in [3.8, 4) is 0 Å². The van der Waals surface area contributed by atoms with Gasteiger partial charge in [0.15, 0.2) is 5.96 Å². The van der Waals surface area contributed by atoms with E-state index >= 15 is 0 Å². The highest BCUT2D eigenvalue weighted by molar-refractivity contribution is 7.11. The van der Waals surface area contributed by atoms with Crippen LogP contribution in [0.4, 0.5) is 5.82 Å². The summed E-state index contributed by atoms with van der Waals surface area (Å²) < 4.78 is 5.61. The lowest BCUT2D eigenvalue weighted by Crippen LogP contribution is -2.41. The van der Waals surface area contributed by atoms with Crippen molar-refractivity contribution in [3.05, 3.63) is 40.0 Å². The molecule has 1 unspecified atom stereocenters. The second kappa shape index (κ2) is 9.66. The number of hydrogen-bond acceptors (Lipinski definition) is 6. The fourth-order valence-electron chi connectivity index (χ4n) is 2.98. The van der Waals surface area contributed by atoms with Crippen LogP contribution in [0, 0.1) is 6.92 Å². The number of rotatable bonds is 6. The molecule has 7 nitrogen and oxygen atoms in total. The number of hydrogen-bond donors (Lipinski definition) is 2. The summed E-state index contributed by atoms with van der Waals surface area (Å²) in [6, 6.07) is 4.17.